The number of hydrogen-bond donors (Lipinski definition) is 4. The van der Waals surface area contributed by atoms with Gasteiger partial charge in [0, 0.05) is 13.0 Å². The summed E-state index contributed by atoms with van der Waals surface area (Å²) in [6.07, 6.45) is 1.52. The van der Waals surface area contributed by atoms with E-state index >= 15 is 0 Å². The van der Waals surface area contributed by atoms with Crippen LogP contribution in [0.15, 0.2) is 35.4 Å². The van der Waals surface area contributed by atoms with Crippen LogP contribution < -0.4 is 10.5 Å². The van der Waals surface area contributed by atoms with Crippen LogP contribution in [0.25, 0.3) is 0 Å². The minimum absolute atomic E-state index is 0.0210. The number of carboxylic acids is 2. The summed E-state index contributed by atoms with van der Waals surface area (Å²) in [5.41, 5.74) is 5.92. The van der Waals surface area contributed by atoms with Crippen molar-refractivity contribution in [2.24, 2.45) is 11.7 Å². The van der Waals surface area contributed by atoms with Gasteiger partial charge in [0.25, 0.3) is 0 Å². The fourth-order valence-electron chi connectivity index (χ4n) is 3.29. The summed E-state index contributed by atoms with van der Waals surface area (Å²) in [6, 6.07) is 6.86. The highest BCUT2D eigenvalue weighted by Crippen LogP contribution is 2.33. The first-order valence-corrected chi connectivity index (χ1v) is 8.71. The molecule has 1 saturated carbocycles. The molecule has 0 unspecified atom stereocenters. The van der Waals surface area contributed by atoms with Gasteiger partial charge in [-0.3, -0.25) is 0 Å². The Morgan fingerprint density at radius 2 is 1.65 bits per heavy atom. The van der Waals surface area contributed by atoms with Gasteiger partial charge in [-0.25, -0.2) is 9.59 Å². The summed E-state index contributed by atoms with van der Waals surface area (Å²) in [5, 5.41) is 28.8. The highest BCUT2D eigenvalue weighted by Gasteiger charge is 2.31. The van der Waals surface area contributed by atoms with Gasteiger partial charge >= 0.3 is 11.9 Å². The summed E-state index contributed by atoms with van der Waals surface area (Å²) in [7, 11) is 0. The molecule has 0 aromatic heterocycles. The molecule has 0 heterocycles. The van der Waals surface area contributed by atoms with Crippen LogP contribution in [0.2, 0.25) is 0 Å². The Morgan fingerprint density at radius 1 is 1.04 bits per heavy atom. The molecule has 7 heteroatoms. The maximum absolute atomic E-state index is 11.8. The lowest BCUT2D eigenvalue weighted by atomic mass is 9.79. The topological polar surface area (TPSA) is 130 Å². The number of carboxylic acid groups (broad SMARTS) is 2. The highest BCUT2D eigenvalue weighted by atomic mass is 16.5. The van der Waals surface area contributed by atoms with Gasteiger partial charge in [-0.15, -0.1) is 0 Å². The number of aliphatic hydroxyl groups excluding tert-OH is 1. The van der Waals surface area contributed by atoms with Gasteiger partial charge < -0.3 is 25.8 Å². The molecule has 0 bridgehead atoms. The van der Waals surface area contributed by atoms with Crippen LogP contribution in [0.1, 0.15) is 31.2 Å². The molecule has 0 aliphatic heterocycles. The molecule has 1 aromatic rings. The van der Waals surface area contributed by atoms with Gasteiger partial charge in [-0.2, -0.15) is 0 Å². The second-order valence-electron chi connectivity index (χ2n) is 6.47. The molecular weight excluding hydrogens is 338 g/mol. The molecule has 142 valence electrons. The van der Waals surface area contributed by atoms with Crippen molar-refractivity contribution < 1.29 is 29.6 Å². The predicted octanol–water partition coefficient (Wildman–Crippen LogP) is 1.58. The normalized spacial score (nSPS) is 21.0. The zero-order chi connectivity index (χ0) is 19.1. The molecule has 0 amide bonds. The van der Waals surface area contributed by atoms with Gasteiger partial charge in [-0.1, -0.05) is 12.1 Å². The van der Waals surface area contributed by atoms with Crippen molar-refractivity contribution >= 4 is 11.9 Å². The quantitative estimate of drug-likeness (QED) is 0.516. The molecule has 26 heavy (non-hydrogen) atoms. The maximum atomic E-state index is 11.8. The molecule has 1 aromatic carbocycles. The Bertz CT molecular complexity index is 659. The second-order valence-corrected chi connectivity index (χ2v) is 6.47. The zero-order valence-corrected chi connectivity index (χ0v) is 14.6. The number of aliphatic carboxylic acids is 2. The monoisotopic (exact) mass is 363 g/mol. The molecule has 0 saturated heterocycles. The summed E-state index contributed by atoms with van der Waals surface area (Å²) < 4.78 is 5.38. The van der Waals surface area contributed by atoms with Gasteiger partial charge in [0.15, 0.2) is 0 Å². The Hall–Kier alpha value is -2.38. The average Bonchev–Trinajstić information content (AvgIpc) is 2.61. The average molecular weight is 363 g/mol. The van der Waals surface area contributed by atoms with Crippen LogP contribution in [-0.4, -0.2) is 46.5 Å². The molecular formula is C19H25NO6. The molecule has 1 aliphatic carbocycles. The largest absolute Gasteiger partial charge is 0.492 e. The smallest absolute Gasteiger partial charge is 0.332 e. The van der Waals surface area contributed by atoms with Gasteiger partial charge in [0.2, 0.25) is 0 Å². The Morgan fingerprint density at radius 3 is 2.15 bits per heavy atom. The third-order valence-electron chi connectivity index (χ3n) is 4.61. The van der Waals surface area contributed by atoms with Crippen molar-refractivity contribution in [2.45, 2.75) is 38.2 Å². The third-order valence-corrected chi connectivity index (χ3v) is 4.61. The summed E-state index contributed by atoms with van der Waals surface area (Å²) >= 11 is 0. The van der Waals surface area contributed by atoms with Crippen LogP contribution in [0.4, 0.5) is 0 Å². The van der Waals surface area contributed by atoms with E-state index in [9.17, 15) is 24.9 Å². The minimum Gasteiger partial charge on any atom is -0.492 e. The van der Waals surface area contributed by atoms with Gasteiger partial charge in [-0.05, 0) is 49.3 Å². The van der Waals surface area contributed by atoms with E-state index in [0.29, 0.717) is 50.1 Å². The SMILES string of the molecule is NCCOc1ccc(C/C(C(=O)O)=C(/C(=O)O)C2CCC(O)CC2)cc1. The molecule has 0 atom stereocenters. The number of hydrogen-bond acceptors (Lipinski definition) is 5. The van der Waals surface area contributed by atoms with Crippen LogP contribution in [0.3, 0.4) is 0 Å². The first-order chi connectivity index (χ1) is 12.4. The number of ether oxygens (including phenoxy) is 1. The standard InChI is InChI=1S/C19H25NO6/c20-9-10-26-15-7-1-12(2-8-15)11-16(18(22)23)17(19(24)25)13-3-5-14(21)6-4-13/h1-2,7-8,13-14,21H,3-6,9-11,20H2,(H,22,23)(H,24,25)/b17-16-. The lowest BCUT2D eigenvalue weighted by Crippen LogP contribution is -2.25. The van der Waals surface area contributed by atoms with Crippen molar-refractivity contribution in [2.75, 3.05) is 13.2 Å². The fourth-order valence-corrected chi connectivity index (χ4v) is 3.29. The second kappa shape index (κ2) is 9.35. The van der Waals surface area contributed by atoms with Crippen LogP contribution in [-0.2, 0) is 16.0 Å². The van der Waals surface area contributed by atoms with Gasteiger partial charge in [0.05, 0.1) is 17.3 Å². The van der Waals surface area contributed by atoms with E-state index in [0.717, 1.165) is 0 Å². The van der Waals surface area contributed by atoms with Crippen LogP contribution >= 0.6 is 0 Å². The molecule has 5 N–H and O–H groups in total. The first kappa shape index (κ1) is 19.9. The van der Waals surface area contributed by atoms with Crippen molar-refractivity contribution in [3.8, 4) is 5.75 Å². The van der Waals surface area contributed by atoms with Crippen molar-refractivity contribution in [1.82, 2.24) is 0 Å². The molecule has 1 aliphatic rings. The first-order valence-electron chi connectivity index (χ1n) is 8.71. The van der Waals surface area contributed by atoms with Gasteiger partial charge in [0.1, 0.15) is 12.4 Å². The van der Waals surface area contributed by atoms with E-state index in [1.165, 1.54) is 0 Å². The number of rotatable bonds is 8. The summed E-state index contributed by atoms with van der Waals surface area (Å²) in [4.78, 5) is 23.5. The van der Waals surface area contributed by atoms with E-state index in [4.69, 9.17) is 10.5 Å². The zero-order valence-electron chi connectivity index (χ0n) is 14.6. The fraction of sp³-hybridized carbons (Fsp3) is 0.474. The third kappa shape index (κ3) is 5.31. The number of benzene rings is 1. The Balaban J connectivity index is 2.25. The number of carbonyl (C=O) groups is 2. The molecule has 2 rings (SSSR count). The summed E-state index contributed by atoms with van der Waals surface area (Å²) in [5.74, 6) is -2.15. The minimum atomic E-state index is -1.23. The van der Waals surface area contributed by atoms with Crippen LogP contribution in [0, 0.1) is 5.92 Å². The van der Waals surface area contributed by atoms with Crippen LogP contribution in [0.5, 0.6) is 5.75 Å². The summed E-state index contributed by atoms with van der Waals surface area (Å²) in [6.45, 7) is 0.780. The van der Waals surface area contributed by atoms with Crippen molar-refractivity contribution in [3.63, 3.8) is 0 Å². The van der Waals surface area contributed by atoms with E-state index in [-0.39, 0.29) is 23.5 Å². The molecule has 0 radical (unpaired) electrons. The predicted molar refractivity (Wildman–Crippen MR) is 95.0 cm³/mol. The molecule has 1 fully saturated rings. The van der Waals surface area contributed by atoms with E-state index in [1.807, 2.05) is 0 Å². The van der Waals surface area contributed by atoms with E-state index < -0.39 is 18.0 Å². The van der Waals surface area contributed by atoms with E-state index in [2.05, 4.69) is 0 Å². The number of nitrogens with two attached hydrogens (primary N) is 1. The lowest BCUT2D eigenvalue weighted by Gasteiger charge is -2.27. The Labute approximate surface area is 152 Å². The Kier molecular flexibility index (Phi) is 7.17. The highest BCUT2D eigenvalue weighted by molar-refractivity contribution is 5.99. The maximum Gasteiger partial charge on any atom is 0.332 e. The molecule has 0 spiro atoms. The van der Waals surface area contributed by atoms with E-state index in [1.54, 1.807) is 24.3 Å². The molecule has 7 nitrogen and oxygen atoms in total. The van der Waals surface area contributed by atoms with Crippen molar-refractivity contribution in [1.29, 1.82) is 0 Å². The lowest BCUT2D eigenvalue weighted by molar-refractivity contribution is -0.136. The number of aliphatic hydroxyl groups is 1. The van der Waals surface area contributed by atoms with Crippen molar-refractivity contribution in [3.05, 3.63) is 41.0 Å².